The molecular weight excluding hydrogens is 176 g/mol. The van der Waals surface area contributed by atoms with Gasteiger partial charge in [0, 0.05) is 6.42 Å². The lowest BCUT2D eigenvalue weighted by Crippen LogP contribution is -2.29. The van der Waals surface area contributed by atoms with Gasteiger partial charge in [0.15, 0.2) is 0 Å². The van der Waals surface area contributed by atoms with Crippen LogP contribution < -0.4 is 0 Å². The van der Waals surface area contributed by atoms with E-state index in [0.29, 0.717) is 24.2 Å². The Morgan fingerprint density at radius 3 is 1.71 bits per heavy atom. The van der Waals surface area contributed by atoms with E-state index in [2.05, 4.69) is 27.7 Å². The highest BCUT2D eigenvalue weighted by Gasteiger charge is 2.21. The van der Waals surface area contributed by atoms with Crippen LogP contribution in [0.4, 0.5) is 0 Å². The normalized spacial score (nSPS) is 11.9. The number of esters is 1. The molecule has 0 aromatic carbocycles. The first-order chi connectivity index (χ1) is 6.34. The van der Waals surface area contributed by atoms with Crippen molar-refractivity contribution in [2.75, 3.05) is 0 Å². The summed E-state index contributed by atoms with van der Waals surface area (Å²) in [4.78, 5) is 11.5. The lowest BCUT2D eigenvalue weighted by atomic mass is 9.96. The number of hydrogen-bond acceptors (Lipinski definition) is 2. The van der Waals surface area contributed by atoms with E-state index in [1.807, 2.05) is 13.8 Å². The summed E-state index contributed by atoms with van der Waals surface area (Å²) in [5, 5.41) is 0. The molecular formula is C12H24O2. The van der Waals surface area contributed by atoms with Gasteiger partial charge in [0.2, 0.25) is 0 Å². The maximum absolute atomic E-state index is 11.5. The van der Waals surface area contributed by atoms with Gasteiger partial charge >= 0.3 is 5.97 Å². The van der Waals surface area contributed by atoms with Crippen LogP contribution in [0.5, 0.6) is 0 Å². The number of carbonyl (C=O) groups excluding carboxylic acids is 1. The minimum absolute atomic E-state index is 0.0567. The van der Waals surface area contributed by atoms with Crippen LogP contribution in [0.1, 0.15) is 48.0 Å². The molecule has 0 rings (SSSR count). The van der Waals surface area contributed by atoms with Crippen molar-refractivity contribution in [1.29, 1.82) is 0 Å². The van der Waals surface area contributed by atoms with E-state index in [9.17, 15) is 4.79 Å². The second kappa shape index (κ2) is 6.05. The van der Waals surface area contributed by atoms with Gasteiger partial charge in [0.25, 0.3) is 0 Å². The van der Waals surface area contributed by atoms with Crippen LogP contribution in [0.2, 0.25) is 0 Å². The quantitative estimate of drug-likeness (QED) is 0.637. The van der Waals surface area contributed by atoms with Crippen LogP contribution >= 0.6 is 0 Å². The van der Waals surface area contributed by atoms with Gasteiger partial charge in [0.05, 0.1) is 0 Å². The van der Waals surface area contributed by atoms with Gasteiger partial charge in [-0.25, -0.2) is 0 Å². The molecule has 0 spiro atoms. The highest BCUT2D eigenvalue weighted by Crippen LogP contribution is 2.17. The van der Waals surface area contributed by atoms with Crippen molar-refractivity contribution < 1.29 is 9.53 Å². The number of hydrogen-bond donors (Lipinski definition) is 0. The zero-order chi connectivity index (χ0) is 11.3. The van der Waals surface area contributed by atoms with Gasteiger partial charge in [0.1, 0.15) is 6.10 Å². The third kappa shape index (κ3) is 5.25. The molecule has 2 nitrogen and oxygen atoms in total. The summed E-state index contributed by atoms with van der Waals surface area (Å²) in [6.45, 7) is 12.4. The van der Waals surface area contributed by atoms with Crippen molar-refractivity contribution in [3.63, 3.8) is 0 Å². The van der Waals surface area contributed by atoms with Gasteiger partial charge in [-0.3, -0.25) is 4.79 Å². The molecule has 0 saturated carbocycles. The first-order valence-electron chi connectivity index (χ1n) is 5.54. The number of carbonyl (C=O) groups is 1. The van der Waals surface area contributed by atoms with Gasteiger partial charge in [-0.05, 0) is 17.8 Å². The summed E-state index contributed by atoms with van der Waals surface area (Å²) in [5.74, 6) is 1.10. The van der Waals surface area contributed by atoms with Crippen LogP contribution in [0, 0.1) is 17.8 Å². The van der Waals surface area contributed by atoms with Crippen LogP contribution in [0.15, 0.2) is 0 Å². The van der Waals surface area contributed by atoms with Crippen molar-refractivity contribution >= 4 is 5.97 Å². The third-order valence-electron chi connectivity index (χ3n) is 2.16. The fourth-order valence-electron chi connectivity index (χ4n) is 1.58. The first-order valence-corrected chi connectivity index (χ1v) is 5.54. The molecule has 0 heterocycles. The highest BCUT2D eigenvalue weighted by molar-refractivity contribution is 5.69. The minimum atomic E-state index is -0.0626. The van der Waals surface area contributed by atoms with E-state index in [0.717, 1.165) is 0 Å². The molecule has 0 N–H and O–H groups in total. The standard InChI is InChI=1S/C12H24O2/c1-8(2)7-11(13)14-12(9(3)4)10(5)6/h8-10,12H,7H2,1-6H3. The number of ether oxygens (including phenoxy) is 1. The Morgan fingerprint density at radius 2 is 1.43 bits per heavy atom. The average Bonchev–Trinajstić information content (AvgIpc) is 1.97. The SMILES string of the molecule is CC(C)CC(=O)OC(C(C)C)C(C)C. The van der Waals surface area contributed by atoms with Crippen LogP contribution in [-0.4, -0.2) is 12.1 Å². The van der Waals surface area contributed by atoms with Gasteiger partial charge < -0.3 is 4.74 Å². The van der Waals surface area contributed by atoms with Crippen molar-refractivity contribution in [3.05, 3.63) is 0 Å². The zero-order valence-electron chi connectivity index (χ0n) is 10.3. The minimum Gasteiger partial charge on any atom is -0.462 e. The summed E-state index contributed by atoms with van der Waals surface area (Å²) < 4.78 is 5.45. The van der Waals surface area contributed by atoms with E-state index in [4.69, 9.17) is 4.74 Å². The molecule has 0 unspecified atom stereocenters. The monoisotopic (exact) mass is 200 g/mol. The molecule has 0 aromatic heterocycles. The smallest absolute Gasteiger partial charge is 0.306 e. The fraction of sp³-hybridized carbons (Fsp3) is 0.917. The molecule has 14 heavy (non-hydrogen) atoms. The second-order valence-electron chi connectivity index (χ2n) is 5.04. The molecule has 2 heteroatoms. The summed E-state index contributed by atoms with van der Waals surface area (Å²) >= 11 is 0. The molecule has 0 aliphatic heterocycles. The first kappa shape index (κ1) is 13.5. The van der Waals surface area contributed by atoms with Crippen molar-refractivity contribution in [2.24, 2.45) is 17.8 Å². The van der Waals surface area contributed by atoms with Crippen LogP contribution in [-0.2, 0) is 9.53 Å². The van der Waals surface area contributed by atoms with E-state index in [1.165, 1.54) is 0 Å². The fourth-order valence-corrected chi connectivity index (χ4v) is 1.58. The van der Waals surface area contributed by atoms with E-state index < -0.39 is 0 Å². The predicted octanol–water partition coefficient (Wildman–Crippen LogP) is 3.26. The Bertz CT molecular complexity index is 163. The molecule has 0 aliphatic carbocycles. The van der Waals surface area contributed by atoms with Crippen LogP contribution in [0.3, 0.4) is 0 Å². The Labute approximate surface area is 88.0 Å². The molecule has 84 valence electrons. The van der Waals surface area contributed by atoms with Gasteiger partial charge in [-0.15, -0.1) is 0 Å². The predicted molar refractivity (Wildman–Crippen MR) is 59.0 cm³/mol. The maximum atomic E-state index is 11.5. The lowest BCUT2D eigenvalue weighted by molar-refractivity contribution is -0.154. The topological polar surface area (TPSA) is 26.3 Å². The summed E-state index contributed by atoms with van der Waals surface area (Å²) in [6.07, 6.45) is 0.580. The Hall–Kier alpha value is -0.530. The average molecular weight is 200 g/mol. The summed E-state index contributed by atoms with van der Waals surface area (Å²) in [6, 6.07) is 0. The Kier molecular flexibility index (Phi) is 5.82. The zero-order valence-corrected chi connectivity index (χ0v) is 10.3. The summed E-state index contributed by atoms with van der Waals surface area (Å²) in [7, 11) is 0. The second-order valence-corrected chi connectivity index (χ2v) is 5.04. The van der Waals surface area contributed by atoms with Crippen LogP contribution in [0.25, 0.3) is 0 Å². The largest absolute Gasteiger partial charge is 0.462 e. The molecule has 0 radical (unpaired) electrons. The molecule has 0 amide bonds. The van der Waals surface area contributed by atoms with E-state index >= 15 is 0 Å². The van der Waals surface area contributed by atoms with E-state index in [-0.39, 0.29) is 12.1 Å². The van der Waals surface area contributed by atoms with E-state index in [1.54, 1.807) is 0 Å². The van der Waals surface area contributed by atoms with Gasteiger partial charge in [-0.2, -0.15) is 0 Å². The molecule has 0 fully saturated rings. The number of rotatable bonds is 5. The molecule has 0 bridgehead atoms. The molecule has 0 saturated heterocycles. The molecule has 0 atom stereocenters. The van der Waals surface area contributed by atoms with Crippen molar-refractivity contribution in [2.45, 2.75) is 54.1 Å². The van der Waals surface area contributed by atoms with Crippen molar-refractivity contribution in [1.82, 2.24) is 0 Å². The lowest BCUT2D eigenvalue weighted by Gasteiger charge is -2.25. The molecule has 0 aromatic rings. The maximum Gasteiger partial charge on any atom is 0.306 e. The highest BCUT2D eigenvalue weighted by atomic mass is 16.5. The Morgan fingerprint density at radius 1 is 1.00 bits per heavy atom. The molecule has 0 aliphatic rings. The Balaban J connectivity index is 4.10. The summed E-state index contributed by atoms with van der Waals surface area (Å²) in [5.41, 5.74) is 0. The van der Waals surface area contributed by atoms with Crippen molar-refractivity contribution in [3.8, 4) is 0 Å². The third-order valence-corrected chi connectivity index (χ3v) is 2.16. The van der Waals surface area contributed by atoms with Gasteiger partial charge in [-0.1, -0.05) is 41.5 Å².